The Morgan fingerprint density at radius 3 is 2.75 bits per heavy atom. The molecule has 0 radical (unpaired) electrons. The van der Waals surface area contributed by atoms with Crippen molar-refractivity contribution in [2.75, 3.05) is 18.4 Å². The molecule has 1 N–H and O–H groups in total. The molecular formula is C20H25N3O. The van der Waals surface area contributed by atoms with Gasteiger partial charge in [-0.25, -0.2) is 4.98 Å². The molecule has 1 saturated heterocycles. The number of rotatable bonds is 5. The van der Waals surface area contributed by atoms with Crippen molar-refractivity contribution in [3.63, 3.8) is 0 Å². The summed E-state index contributed by atoms with van der Waals surface area (Å²) in [4.78, 5) is 19.4. The van der Waals surface area contributed by atoms with Gasteiger partial charge in [-0.1, -0.05) is 31.2 Å². The number of hydrogen-bond acceptors (Lipinski definition) is 3. The van der Waals surface area contributed by atoms with Crippen LogP contribution in [0, 0.1) is 0 Å². The number of amides is 1. The summed E-state index contributed by atoms with van der Waals surface area (Å²) >= 11 is 0. The second kappa shape index (κ2) is 7.95. The van der Waals surface area contributed by atoms with Gasteiger partial charge in [0.15, 0.2) is 0 Å². The fraction of sp³-hybridized carbons (Fsp3) is 0.400. The van der Waals surface area contributed by atoms with Crippen LogP contribution in [-0.2, 0) is 0 Å². The van der Waals surface area contributed by atoms with E-state index in [0.29, 0.717) is 0 Å². The summed E-state index contributed by atoms with van der Waals surface area (Å²) in [5.41, 5.74) is 1.89. The molecule has 1 atom stereocenters. The molecule has 4 heteroatoms. The summed E-state index contributed by atoms with van der Waals surface area (Å²) in [6, 6.07) is 13.8. The maximum absolute atomic E-state index is 12.9. The molecule has 1 fully saturated rings. The molecule has 2 aromatic rings. The maximum atomic E-state index is 12.9. The molecule has 1 aromatic carbocycles. The highest BCUT2D eigenvalue weighted by molar-refractivity contribution is 5.94. The molecule has 0 unspecified atom stereocenters. The molecule has 1 aliphatic heterocycles. The van der Waals surface area contributed by atoms with Gasteiger partial charge >= 0.3 is 0 Å². The topological polar surface area (TPSA) is 45.2 Å². The molecule has 4 nitrogen and oxygen atoms in total. The van der Waals surface area contributed by atoms with Gasteiger partial charge in [0, 0.05) is 24.8 Å². The number of nitrogens with one attached hydrogen (secondary N) is 1. The summed E-state index contributed by atoms with van der Waals surface area (Å²) in [6.07, 6.45) is 6.21. The van der Waals surface area contributed by atoms with Crippen LogP contribution < -0.4 is 5.32 Å². The first-order valence-electron chi connectivity index (χ1n) is 8.85. The summed E-state index contributed by atoms with van der Waals surface area (Å²) < 4.78 is 0. The zero-order chi connectivity index (χ0) is 16.8. The third-order valence-corrected chi connectivity index (χ3v) is 4.51. The van der Waals surface area contributed by atoms with E-state index < -0.39 is 0 Å². The van der Waals surface area contributed by atoms with Crippen LogP contribution in [0.25, 0.3) is 0 Å². The van der Waals surface area contributed by atoms with Crippen molar-refractivity contribution in [2.45, 2.75) is 38.6 Å². The van der Waals surface area contributed by atoms with Gasteiger partial charge in [0.25, 0.3) is 5.91 Å². The van der Waals surface area contributed by atoms with Crippen LogP contribution in [-0.4, -0.2) is 28.9 Å². The van der Waals surface area contributed by atoms with E-state index in [1.54, 1.807) is 0 Å². The van der Waals surface area contributed by atoms with E-state index in [-0.39, 0.29) is 11.9 Å². The Labute approximate surface area is 143 Å². The molecule has 3 rings (SSSR count). The number of nitrogens with zero attached hydrogens (tertiary/aromatic N) is 2. The van der Waals surface area contributed by atoms with E-state index >= 15 is 0 Å². The first kappa shape index (κ1) is 16.5. The fourth-order valence-electron chi connectivity index (χ4n) is 3.23. The normalized spacial score (nSPS) is 17.5. The molecule has 0 saturated carbocycles. The number of aromatic nitrogens is 1. The van der Waals surface area contributed by atoms with Crippen molar-refractivity contribution >= 4 is 11.7 Å². The largest absolute Gasteiger partial charge is 0.370 e. The van der Waals surface area contributed by atoms with Gasteiger partial charge < -0.3 is 10.2 Å². The van der Waals surface area contributed by atoms with Gasteiger partial charge in [0.05, 0.1) is 6.04 Å². The lowest BCUT2D eigenvalue weighted by atomic mass is 9.95. The predicted molar refractivity (Wildman–Crippen MR) is 97.1 cm³/mol. The number of pyridine rings is 1. The molecular weight excluding hydrogens is 298 g/mol. The lowest BCUT2D eigenvalue weighted by Crippen LogP contribution is -2.38. The fourth-order valence-corrected chi connectivity index (χ4v) is 3.23. The number of benzene rings is 1. The molecule has 1 amide bonds. The summed E-state index contributed by atoms with van der Waals surface area (Å²) in [7, 11) is 0. The molecule has 0 spiro atoms. The molecule has 2 heterocycles. The number of carbonyl (C=O) groups excluding carboxylic acids is 1. The number of anilines is 1. The van der Waals surface area contributed by atoms with Gasteiger partial charge in [-0.2, -0.15) is 0 Å². The van der Waals surface area contributed by atoms with Crippen molar-refractivity contribution in [2.24, 2.45) is 0 Å². The molecule has 1 aromatic heterocycles. The Kier molecular flexibility index (Phi) is 5.47. The highest BCUT2D eigenvalue weighted by Crippen LogP contribution is 2.32. The van der Waals surface area contributed by atoms with Crippen molar-refractivity contribution in [3.8, 4) is 0 Å². The number of hydrogen-bond donors (Lipinski definition) is 1. The third kappa shape index (κ3) is 3.75. The van der Waals surface area contributed by atoms with Gasteiger partial charge in [-0.15, -0.1) is 0 Å². The Bertz CT molecular complexity index is 654. The highest BCUT2D eigenvalue weighted by Gasteiger charge is 2.28. The van der Waals surface area contributed by atoms with E-state index in [2.05, 4.69) is 23.3 Å². The average molecular weight is 323 g/mol. The van der Waals surface area contributed by atoms with Crippen LogP contribution in [0.3, 0.4) is 0 Å². The molecule has 126 valence electrons. The molecule has 0 aliphatic carbocycles. The second-order valence-corrected chi connectivity index (χ2v) is 6.28. The van der Waals surface area contributed by atoms with Crippen LogP contribution in [0.5, 0.6) is 0 Å². The molecule has 0 bridgehead atoms. The van der Waals surface area contributed by atoms with Gasteiger partial charge in [-0.05, 0) is 49.4 Å². The van der Waals surface area contributed by atoms with E-state index in [4.69, 9.17) is 0 Å². The standard InChI is InChI=1S/C20H25N3O/c1-2-13-21-19-12-11-17(15-22-19)18-10-6-7-14-23(18)20(24)16-8-4-3-5-9-16/h3-5,8-9,11-12,15,18H,2,6-7,10,13-14H2,1H3,(H,21,22)/t18-/m1/s1. The minimum Gasteiger partial charge on any atom is -0.370 e. The third-order valence-electron chi connectivity index (χ3n) is 4.51. The predicted octanol–water partition coefficient (Wildman–Crippen LogP) is 4.27. The Morgan fingerprint density at radius 2 is 2.04 bits per heavy atom. The van der Waals surface area contributed by atoms with Crippen molar-refractivity contribution in [3.05, 3.63) is 59.8 Å². The number of piperidine rings is 1. The van der Waals surface area contributed by atoms with Crippen LogP contribution in [0.4, 0.5) is 5.82 Å². The van der Waals surface area contributed by atoms with E-state index in [1.165, 1.54) is 0 Å². The van der Waals surface area contributed by atoms with Gasteiger partial charge in [-0.3, -0.25) is 4.79 Å². The van der Waals surface area contributed by atoms with E-state index in [1.807, 2.05) is 47.5 Å². The highest BCUT2D eigenvalue weighted by atomic mass is 16.2. The minimum atomic E-state index is 0.119. The monoisotopic (exact) mass is 323 g/mol. The van der Waals surface area contributed by atoms with Gasteiger partial charge in [0.2, 0.25) is 0 Å². The van der Waals surface area contributed by atoms with Crippen molar-refractivity contribution < 1.29 is 4.79 Å². The molecule has 1 aliphatic rings. The van der Waals surface area contributed by atoms with Crippen LogP contribution in [0.1, 0.15) is 54.6 Å². The number of likely N-dealkylation sites (tertiary alicyclic amines) is 1. The zero-order valence-electron chi connectivity index (χ0n) is 14.2. The quantitative estimate of drug-likeness (QED) is 0.893. The molecule has 24 heavy (non-hydrogen) atoms. The number of carbonyl (C=O) groups is 1. The summed E-state index contributed by atoms with van der Waals surface area (Å²) in [5.74, 6) is 1.02. The lowest BCUT2D eigenvalue weighted by Gasteiger charge is -2.36. The summed E-state index contributed by atoms with van der Waals surface area (Å²) in [6.45, 7) is 3.87. The Hall–Kier alpha value is -2.36. The van der Waals surface area contributed by atoms with Crippen LogP contribution in [0.15, 0.2) is 48.7 Å². The van der Waals surface area contributed by atoms with Crippen molar-refractivity contribution in [1.29, 1.82) is 0 Å². The average Bonchev–Trinajstić information content (AvgIpc) is 2.67. The first-order valence-corrected chi connectivity index (χ1v) is 8.85. The van der Waals surface area contributed by atoms with Crippen molar-refractivity contribution in [1.82, 2.24) is 9.88 Å². The van der Waals surface area contributed by atoms with Gasteiger partial charge in [0.1, 0.15) is 5.82 Å². The maximum Gasteiger partial charge on any atom is 0.254 e. The van der Waals surface area contributed by atoms with E-state index in [0.717, 1.165) is 55.7 Å². The van der Waals surface area contributed by atoms with E-state index in [9.17, 15) is 4.79 Å². The minimum absolute atomic E-state index is 0.119. The Morgan fingerprint density at radius 1 is 1.21 bits per heavy atom. The van der Waals surface area contributed by atoms with Crippen LogP contribution in [0.2, 0.25) is 0 Å². The zero-order valence-corrected chi connectivity index (χ0v) is 14.2. The first-order chi connectivity index (χ1) is 11.8. The SMILES string of the molecule is CCCNc1ccc([C@H]2CCCCN2C(=O)c2ccccc2)cn1. The smallest absolute Gasteiger partial charge is 0.254 e. The second-order valence-electron chi connectivity index (χ2n) is 6.28. The van der Waals surface area contributed by atoms with Crippen LogP contribution >= 0.6 is 0 Å². The summed E-state index contributed by atoms with van der Waals surface area (Å²) in [5, 5.41) is 3.29. The lowest BCUT2D eigenvalue weighted by molar-refractivity contribution is 0.0611. The Balaban J connectivity index is 1.78.